The van der Waals surface area contributed by atoms with Gasteiger partial charge < -0.3 is 20.9 Å². The third kappa shape index (κ3) is 6.66. The molecule has 5 rings (SSSR count). The number of hydrogen-bond donors (Lipinski definition) is 3. The molecule has 0 heterocycles. The fourth-order valence-corrected chi connectivity index (χ4v) is 4.27. The molecule has 5 aromatic rings. The summed E-state index contributed by atoms with van der Waals surface area (Å²) in [5.74, 6) is -0.791. The van der Waals surface area contributed by atoms with Crippen molar-refractivity contribution in [2.24, 2.45) is 0 Å². The summed E-state index contributed by atoms with van der Waals surface area (Å²) < 4.78 is 0. The Kier molecular flexibility index (Phi) is 8.16. The Bertz CT molecular complexity index is 1650. The first-order valence-electron chi connectivity index (χ1n) is 13.0. The van der Waals surface area contributed by atoms with Gasteiger partial charge in [0.2, 0.25) is 0 Å². The minimum absolute atomic E-state index is 0.143. The number of anilines is 6. The van der Waals surface area contributed by atoms with Crippen molar-refractivity contribution in [3.63, 3.8) is 0 Å². The van der Waals surface area contributed by atoms with E-state index in [2.05, 4.69) is 16.0 Å². The summed E-state index contributed by atoms with van der Waals surface area (Å²) in [5.41, 5.74) is 5.52. The Labute approximate surface area is 238 Å². The average Bonchev–Trinajstić information content (AvgIpc) is 3.02. The molecule has 0 aliphatic heterocycles. The largest absolute Gasteiger partial charge is 0.356 e. The fraction of sp³-hybridized carbons (Fsp3) is 0.0294. The molecular formula is C34H28N4O3. The zero-order valence-electron chi connectivity index (χ0n) is 22.4. The first-order valence-corrected chi connectivity index (χ1v) is 13.0. The topological polar surface area (TPSA) is 90.5 Å². The molecule has 0 aromatic heterocycles. The number of nitrogens with zero attached hydrogens (tertiary/aromatic N) is 1. The number of aldehydes is 1. The molecule has 0 spiro atoms. The summed E-state index contributed by atoms with van der Waals surface area (Å²) in [4.78, 5) is 39.7. The fourth-order valence-electron chi connectivity index (χ4n) is 4.27. The summed E-state index contributed by atoms with van der Waals surface area (Å²) in [5, 5.41) is 9.45. The van der Waals surface area contributed by atoms with Crippen LogP contribution in [0.15, 0.2) is 127 Å². The van der Waals surface area contributed by atoms with Gasteiger partial charge >= 0.3 is 0 Å². The summed E-state index contributed by atoms with van der Waals surface area (Å²) in [6.07, 6.45) is 0.619. The van der Waals surface area contributed by atoms with Crippen molar-refractivity contribution < 1.29 is 14.4 Å². The van der Waals surface area contributed by atoms with E-state index < -0.39 is 5.91 Å². The van der Waals surface area contributed by atoms with Gasteiger partial charge in [0.25, 0.3) is 11.8 Å². The minimum Gasteiger partial charge on any atom is -0.356 e. The lowest BCUT2D eigenvalue weighted by Crippen LogP contribution is -2.27. The molecule has 3 N–H and O–H groups in total. The van der Waals surface area contributed by atoms with Crippen molar-refractivity contribution in [3.8, 4) is 0 Å². The van der Waals surface area contributed by atoms with Crippen LogP contribution in [0.1, 0.15) is 31.1 Å². The molecule has 41 heavy (non-hydrogen) atoms. The van der Waals surface area contributed by atoms with E-state index in [1.165, 1.54) is 23.1 Å². The van der Waals surface area contributed by atoms with Gasteiger partial charge in [-0.15, -0.1) is 0 Å². The molecule has 0 radical (unpaired) electrons. The molecule has 0 saturated heterocycles. The predicted octanol–water partition coefficient (Wildman–Crippen LogP) is 7.52. The van der Waals surface area contributed by atoms with Crippen LogP contribution >= 0.6 is 0 Å². The van der Waals surface area contributed by atoms with E-state index in [0.29, 0.717) is 17.7 Å². The number of para-hydroxylation sites is 2. The van der Waals surface area contributed by atoms with Gasteiger partial charge in [-0.1, -0.05) is 42.5 Å². The molecule has 0 aliphatic rings. The summed E-state index contributed by atoms with van der Waals surface area (Å²) >= 11 is 0. The summed E-state index contributed by atoms with van der Waals surface area (Å²) in [6.45, 7) is 0. The first-order chi connectivity index (χ1) is 20.0. The highest BCUT2D eigenvalue weighted by molar-refractivity contribution is 6.12. The van der Waals surface area contributed by atoms with Crippen molar-refractivity contribution in [2.75, 3.05) is 27.9 Å². The second-order valence-corrected chi connectivity index (χ2v) is 9.34. The van der Waals surface area contributed by atoms with Gasteiger partial charge in [0.1, 0.15) is 0 Å². The van der Waals surface area contributed by atoms with Gasteiger partial charge in [-0.2, -0.15) is 0 Å². The molecule has 0 bridgehead atoms. The van der Waals surface area contributed by atoms with Crippen LogP contribution < -0.4 is 20.9 Å². The lowest BCUT2D eigenvalue weighted by Gasteiger charge is -2.19. The van der Waals surface area contributed by atoms with E-state index in [1.807, 2.05) is 97.1 Å². The second-order valence-electron chi connectivity index (χ2n) is 9.34. The van der Waals surface area contributed by atoms with E-state index in [9.17, 15) is 14.4 Å². The SMILES string of the molecule is CN(C(=O)c1cc(C(=O)Nc2ccc(Nc3ccccc3)cc2)ccc1C=O)c1ccc(Nc2ccccc2)cc1. The Balaban J connectivity index is 1.28. The van der Waals surface area contributed by atoms with Gasteiger partial charge in [0.15, 0.2) is 6.29 Å². The Morgan fingerprint density at radius 2 is 1.10 bits per heavy atom. The van der Waals surface area contributed by atoms with E-state index in [4.69, 9.17) is 0 Å². The van der Waals surface area contributed by atoms with E-state index >= 15 is 0 Å². The Hall–Kier alpha value is -5.69. The van der Waals surface area contributed by atoms with Crippen LogP contribution in [-0.2, 0) is 0 Å². The van der Waals surface area contributed by atoms with E-state index in [1.54, 1.807) is 19.2 Å². The average molecular weight is 541 g/mol. The molecule has 7 heteroatoms. The number of hydrogen-bond acceptors (Lipinski definition) is 5. The molecule has 5 aromatic carbocycles. The Morgan fingerprint density at radius 1 is 0.610 bits per heavy atom. The van der Waals surface area contributed by atoms with Crippen LogP contribution in [-0.4, -0.2) is 25.1 Å². The van der Waals surface area contributed by atoms with Crippen LogP contribution in [0.5, 0.6) is 0 Å². The third-order valence-electron chi connectivity index (χ3n) is 6.50. The van der Waals surface area contributed by atoms with Crippen LogP contribution in [0.25, 0.3) is 0 Å². The van der Waals surface area contributed by atoms with Crippen molar-refractivity contribution in [1.82, 2.24) is 0 Å². The Morgan fingerprint density at radius 3 is 1.63 bits per heavy atom. The van der Waals surface area contributed by atoms with Gasteiger partial charge in [-0.3, -0.25) is 14.4 Å². The molecule has 2 amide bonds. The number of carbonyl (C=O) groups is 3. The highest BCUT2D eigenvalue weighted by Gasteiger charge is 2.20. The molecular weight excluding hydrogens is 512 g/mol. The number of carbonyl (C=O) groups excluding carboxylic acids is 3. The van der Waals surface area contributed by atoms with Crippen molar-refractivity contribution >= 4 is 52.2 Å². The molecule has 7 nitrogen and oxygen atoms in total. The van der Waals surface area contributed by atoms with Gasteiger partial charge in [0.05, 0.1) is 5.56 Å². The third-order valence-corrected chi connectivity index (χ3v) is 6.50. The normalized spacial score (nSPS) is 10.4. The highest BCUT2D eigenvalue weighted by Crippen LogP contribution is 2.24. The van der Waals surface area contributed by atoms with Crippen molar-refractivity contribution in [3.05, 3.63) is 144 Å². The minimum atomic E-state index is -0.401. The quantitative estimate of drug-likeness (QED) is 0.168. The second kappa shape index (κ2) is 12.4. The molecule has 0 fully saturated rings. The lowest BCUT2D eigenvalue weighted by atomic mass is 10.0. The maximum Gasteiger partial charge on any atom is 0.258 e. The smallest absolute Gasteiger partial charge is 0.258 e. The number of amides is 2. The maximum absolute atomic E-state index is 13.4. The van der Waals surface area contributed by atoms with Gasteiger partial charge in [-0.05, 0) is 84.9 Å². The number of rotatable bonds is 9. The van der Waals surface area contributed by atoms with Crippen molar-refractivity contribution in [2.45, 2.75) is 0 Å². The van der Waals surface area contributed by atoms with E-state index in [0.717, 1.165) is 22.7 Å². The number of benzene rings is 5. The lowest BCUT2D eigenvalue weighted by molar-refractivity contribution is 0.0986. The van der Waals surface area contributed by atoms with E-state index in [-0.39, 0.29) is 22.6 Å². The predicted molar refractivity (Wildman–Crippen MR) is 165 cm³/mol. The molecule has 0 unspecified atom stereocenters. The van der Waals surface area contributed by atoms with Crippen LogP contribution in [0.2, 0.25) is 0 Å². The molecule has 202 valence electrons. The van der Waals surface area contributed by atoms with Crippen LogP contribution in [0.4, 0.5) is 34.1 Å². The zero-order chi connectivity index (χ0) is 28.6. The van der Waals surface area contributed by atoms with Gasteiger partial charge in [-0.25, -0.2) is 0 Å². The summed E-state index contributed by atoms with van der Waals surface area (Å²) in [6, 6.07) is 38.7. The first kappa shape index (κ1) is 26.9. The standard InChI is InChI=1S/C34H28N4O3/c1-38(31-20-18-29(19-21-31)36-27-10-6-3-7-11-27)34(41)32-22-24(12-13-25(32)23-39)33(40)37-30-16-14-28(15-17-30)35-26-8-4-2-5-9-26/h2-23,35-36H,1H3,(H,37,40). The van der Waals surface area contributed by atoms with Gasteiger partial charge in [0, 0.05) is 52.3 Å². The zero-order valence-corrected chi connectivity index (χ0v) is 22.4. The van der Waals surface area contributed by atoms with Crippen molar-refractivity contribution in [1.29, 1.82) is 0 Å². The molecule has 0 saturated carbocycles. The monoisotopic (exact) mass is 540 g/mol. The van der Waals surface area contributed by atoms with Crippen LogP contribution in [0.3, 0.4) is 0 Å². The highest BCUT2D eigenvalue weighted by atomic mass is 16.2. The van der Waals surface area contributed by atoms with Crippen LogP contribution in [0, 0.1) is 0 Å². The number of nitrogens with one attached hydrogen (secondary N) is 3. The molecule has 0 aliphatic carbocycles. The summed E-state index contributed by atoms with van der Waals surface area (Å²) in [7, 11) is 1.63. The molecule has 0 atom stereocenters. The maximum atomic E-state index is 13.4.